The fourth-order valence-electron chi connectivity index (χ4n) is 2.68. The molecule has 2 aromatic rings. The van der Waals surface area contributed by atoms with Gasteiger partial charge < -0.3 is 10.1 Å². The van der Waals surface area contributed by atoms with Crippen LogP contribution >= 0.6 is 0 Å². The number of nitrogens with one attached hydrogen (secondary N) is 1. The number of nitrogens with zero attached hydrogens (tertiary/aromatic N) is 1. The Morgan fingerprint density at radius 3 is 2.64 bits per heavy atom. The molecule has 5 heteroatoms. The van der Waals surface area contributed by atoms with Crippen molar-refractivity contribution in [3.05, 3.63) is 63.7 Å². The Balaban J connectivity index is 1.66. The first-order chi connectivity index (χ1) is 10.4. The molecule has 2 aromatic carbocycles. The SMILES string of the molecule is CC1(C)Cc2cc(CNc3ccc([N+](=O)[O-])cc3)ccc2O1. The number of benzene rings is 2. The van der Waals surface area contributed by atoms with Crippen LogP contribution in [-0.4, -0.2) is 10.5 Å². The Kier molecular flexibility index (Phi) is 3.48. The van der Waals surface area contributed by atoms with Gasteiger partial charge in [-0.05, 0) is 43.2 Å². The van der Waals surface area contributed by atoms with Crippen molar-refractivity contribution in [2.24, 2.45) is 0 Å². The maximum atomic E-state index is 10.6. The summed E-state index contributed by atoms with van der Waals surface area (Å²) >= 11 is 0. The van der Waals surface area contributed by atoms with Crippen molar-refractivity contribution in [3.8, 4) is 5.75 Å². The van der Waals surface area contributed by atoms with Crippen molar-refractivity contribution in [1.82, 2.24) is 0 Å². The molecular weight excluding hydrogens is 280 g/mol. The summed E-state index contributed by atoms with van der Waals surface area (Å²) in [5.74, 6) is 0.962. The van der Waals surface area contributed by atoms with E-state index < -0.39 is 4.92 Å². The third kappa shape index (κ3) is 3.03. The van der Waals surface area contributed by atoms with Gasteiger partial charge in [0.2, 0.25) is 0 Å². The molecule has 1 N–H and O–H groups in total. The van der Waals surface area contributed by atoms with Gasteiger partial charge in [0.25, 0.3) is 5.69 Å². The Hall–Kier alpha value is -2.56. The molecule has 1 aliphatic rings. The van der Waals surface area contributed by atoms with Crippen LogP contribution in [0.15, 0.2) is 42.5 Å². The van der Waals surface area contributed by atoms with Crippen LogP contribution in [0.1, 0.15) is 25.0 Å². The van der Waals surface area contributed by atoms with E-state index in [-0.39, 0.29) is 11.3 Å². The highest BCUT2D eigenvalue weighted by Gasteiger charge is 2.29. The molecule has 114 valence electrons. The molecule has 1 aliphatic heterocycles. The van der Waals surface area contributed by atoms with E-state index in [2.05, 4.69) is 25.2 Å². The van der Waals surface area contributed by atoms with Gasteiger partial charge in [-0.15, -0.1) is 0 Å². The van der Waals surface area contributed by atoms with Crippen LogP contribution in [0.5, 0.6) is 5.75 Å². The normalized spacial score (nSPS) is 15.0. The highest BCUT2D eigenvalue weighted by molar-refractivity contribution is 5.49. The maximum absolute atomic E-state index is 10.6. The summed E-state index contributed by atoms with van der Waals surface area (Å²) in [4.78, 5) is 10.2. The minimum absolute atomic E-state index is 0.0995. The Bertz CT molecular complexity index is 708. The van der Waals surface area contributed by atoms with Gasteiger partial charge in [-0.1, -0.05) is 12.1 Å². The molecule has 3 rings (SSSR count). The van der Waals surface area contributed by atoms with Crippen molar-refractivity contribution in [2.45, 2.75) is 32.4 Å². The second-order valence-corrected chi connectivity index (χ2v) is 6.14. The number of rotatable bonds is 4. The topological polar surface area (TPSA) is 64.4 Å². The van der Waals surface area contributed by atoms with Crippen molar-refractivity contribution >= 4 is 11.4 Å². The summed E-state index contributed by atoms with van der Waals surface area (Å²) in [5, 5.41) is 13.9. The average Bonchev–Trinajstić information content (AvgIpc) is 2.78. The van der Waals surface area contributed by atoms with E-state index in [4.69, 9.17) is 4.74 Å². The highest BCUT2D eigenvalue weighted by atomic mass is 16.6. The lowest BCUT2D eigenvalue weighted by Gasteiger charge is -2.16. The second kappa shape index (κ2) is 5.33. The van der Waals surface area contributed by atoms with Crippen LogP contribution in [0.3, 0.4) is 0 Å². The summed E-state index contributed by atoms with van der Waals surface area (Å²) in [6, 6.07) is 12.6. The van der Waals surface area contributed by atoms with Crippen LogP contribution in [0.2, 0.25) is 0 Å². The number of ether oxygens (including phenoxy) is 1. The van der Waals surface area contributed by atoms with Gasteiger partial charge in [-0.3, -0.25) is 10.1 Å². The average molecular weight is 298 g/mol. The molecule has 0 saturated heterocycles. The summed E-state index contributed by atoms with van der Waals surface area (Å²) in [6.07, 6.45) is 0.910. The van der Waals surface area contributed by atoms with E-state index in [1.54, 1.807) is 12.1 Å². The van der Waals surface area contributed by atoms with Gasteiger partial charge in [0, 0.05) is 30.8 Å². The number of fused-ring (bicyclic) bond motifs is 1. The molecule has 22 heavy (non-hydrogen) atoms. The van der Waals surface area contributed by atoms with E-state index in [0.29, 0.717) is 6.54 Å². The Morgan fingerprint density at radius 2 is 1.95 bits per heavy atom. The summed E-state index contributed by atoms with van der Waals surface area (Å²) < 4.78 is 5.86. The van der Waals surface area contributed by atoms with Crippen molar-refractivity contribution in [2.75, 3.05) is 5.32 Å². The second-order valence-electron chi connectivity index (χ2n) is 6.14. The largest absolute Gasteiger partial charge is 0.487 e. The van der Waals surface area contributed by atoms with E-state index in [9.17, 15) is 10.1 Å². The van der Waals surface area contributed by atoms with Crippen LogP contribution in [0, 0.1) is 10.1 Å². The van der Waals surface area contributed by atoms with E-state index in [1.807, 2.05) is 12.1 Å². The predicted octanol–water partition coefficient (Wildman–Crippen LogP) is 3.92. The van der Waals surface area contributed by atoms with Crippen LogP contribution in [0.25, 0.3) is 0 Å². The maximum Gasteiger partial charge on any atom is 0.269 e. The van der Waals surface area contributed by atoms with Gasteiger partial charge in [-0.25, -0.2) is 0 Å². The lowest BCUT2D eigenvalue weighted by molar-refractivity contribution is -0.384. The monoisotopic (exact) mass is 298 g/mol. The first-order valence-electron chi connectivity index (χ1n) is 7.22. The molecule has 0 radical (unpaired) electrons. The number of non-ortho nitro benzene ring substituents is 1. The summed E-state index contributed by atoms with van der Waals surface area (Å²) in [5.41, 5.74) is 3.23. The molecule has 0 unspecified atom stereocenters. The van der Waals surface area contributed by atoms with E-state index >= 15 is 0 Å². The first-order valence-corrected chi connectivity index (χ1v) is 7.22. The molecule has 5 nitrogen and oxygen atoms in total. The molecule has 0 spiro atoms. The van der Waals surface area contributed by atoms with Gasteiger partial charge in [0.1, 0.15) is 11.4 Å². The molecule has 0 fully saturated rings. The summed E-state index contributed by atoms with van der Waals surface area (Å²) in [6.45, 7) is 4.84. The Morgan fingerprint density at radius 1 is 1.23 bits per heavy atom. The third-order valence-corrected chi connectivity index (χ3v) is 3.70. The third-order valence-electron chi connectivity index (χ3n) is 3.70. The molecule has 0 aromatic heterocycles. The van der Waals surface area contributed by atoms with Crippen molar-refractivity contribution in [1.29, 1.82) is 0 Å². The smallest absolute Gasteiger partial charge is 0.269 e. The van der Waals surface area contributed by atoms with Crippen molar-refractivity contribution in [3.63, 3.8) is 0 Å². The van der Waals surface area contributed by atoms with E-state index in [1.165, 1.54) is 23.3 Å². The minimum atomic E-state index is -0.397. The van der Waals surface area contributed by atoms with Crippen molar-refractivity contribution < 1.29 is 9.66 Å². The lowest BCUT2D eigenvalue weighted by Crippen LogP contribution is -2.24. The van der Waals surface area contributed by atoms with Gasteiger partial charge in [0.15, 0.2) is 0 Å². The van der Waals surface area contributed by atoms with Gasteiger partial charge >= 0.3 is 0 Å². The minimum Gasteiger partial charge on any atom is -0.487 e. The van der Waals surface area contributed by atoms with Gasteiger partial charge in [-0.2, -0.15) is 0 Å². The summed E-state index contributed by atoms with van der Waals surface area (Å²) in [7, 11) is 0. The molecule has 0 bridgehead atoms. The first kappa shape index (κ1) is 14.4. The zero-order valence-electron chi connectivity index (χ0n) is 12.6. The number of hydrogen-bond acceptors (Lipinski definition) is 4. The zero-order chi connectivity index (χ0) is 15.7. The van der Waals surface area contributed by atoms with Crippen LogP contribution < -0.4 is 10.1 Å². The highest BCUT2D eigenvalue weighted by Crippen LogP contribution is 2.35. The molecule has 1 heterocycles. The number of hydrogen-bond donors (Lipinski definition) is 1. The molecule has 0 saturated carbocycles. The molecular formula is C17H18N2O3. The van der Waals surface area contributed by atoms with Crippen LogP contribution in [0.4, 0.5) is 11.4 Å². The number of anilines is 1. The zero-order valence-corrected chi connectivity index (χ0v) is 12.6. The predicted molar refractivity (Wildman–Crippen MR) is 85.3 cm³/mol. The quantitative estimate of drug-likeness (QED) is 0.686. The lowest BCUT2D eigenvalue weighted by atomic mass is 10.0. The van der Waals surface area contributed by atoms with Crippen LogP contribution in [-0.2, 0) is 13.0 Å². The molecule has 0 aliphatic carbocycles. The number of nitro benzene ring substituents is 1. The number of nitro groups is 1. The fraction of sp³-hybridized carbons (Fsp3) is 0.294. The Labute approximate surface area is 129 Å². The fourth-order valence-corrected chi connectivity index (χ4v) is 2.68. The van der Waals surface area contributed by atoms with E-state index in [0.717, 1.165) is 17.9 Å². The van der Waals surface area contributed by atoms with Gasteiger partial charge in [0.05, 0.1) is 4.92 Å². The standard InChI is InChI=1S/C17H18N2O3/c1-17(2)10-13-9-12(3-8-16(13)22-17)11-18-14-4-6-15(7-5-14)19(20)21/h3-9,18H,10-11H2,1-2H3. The molecule has 0 amide bonds. The molecule has 0 atom stereocenters.